The summed E-state index contributed by atoms with van der Waals surface area (Å²) in [7, 11) is -2.49. The van der Waals surface area contributed by atoms with Crippen LogP contribution in [0.1, 0.15) is 0 Å². The third kappa shape index (κ3) is 3.67. The summed E-state index contributed by atoms with van der Waals surface area (Å²) in [5, 5.41) is 4.14. The van der Waals surface area contributed by atoms with E-state index < -0.39 is 8.07 Å². The number of hydrogen-bond acceptors (Lipinski definition) is 3. The van der Waals surface area contributed by atoms with Crippen molar-refractivity contribution in [2.75, 3.05) is 9.80 Å². The van der Waals surface area contributed by atoms with Crippen molar-refractivity contribution >= 4 is 57.8 Å². The maximum absolute atomic E-state index is 6.82. The van der Waals surface area contributed by atoms with Crippen molar-refractivity contribution in [1.82, 2.24) is 0 Å². The molecule has 3 aliphatic heterocycles. The van der Waals surface area contributed by atoms with Gasteiger partial charge in [0.05, 0.1) is 0 Å². The zero-order valence-electron chi connectivity index (χ0n) is 25.9. The van der Waals surface area contributed by atoms with Gasteiger partial charge in [0.25, 0.3) is 0 Å². The number of hydrogen-bond donors (Lipinski definition) is 0. The third-order valence-electron chi connectivity index (χ3n) is 10.2. The fourth-order valence-electron chi connectivity index (χ4n) is 8.18. The minimum atomic E-state index is -2.49. The molecule has 7 aromatic rings. The number of ether oxygens (including phenoxy) is 1. The first-order valence-corrected chi connectivity index (χ1v) is 18.7. The van der Waals surface area contributed by atoms with Gasteiger partial charge in [-0.25, -0.2) is 0 Å². The van der Waals surface area contributed by atoms with E-state index in [1.165, 1.54) is 60.6 Å². The normalized spacial score (nSPS) is 14.3. The van der Waals surface area contributed by atoms with E-state index in [-0.39, 0.29) is 0 Å². The second-order valence-electron chi connectivity index (χ2n) is 12.7. The minimum absolute atomic E-state index is 0.980. The van der Waals surface area contributed by atoms with Crippen LogP contribution in [0.2, 0.25) is 6.55 Å². The van der Waals surface area contributed by atoms with Gasteiger partial charge in [-0.1, -0.05) is 110 Å². The first kappa shape index (κ1) is 26.4. The van der Waals surface area contributed by atoms with Crippen molar-refractivity contribution in [3.05, 3.63) is 164 Å². The molecule has 3 aliphatic rings. The minimum Gasteiger partial charge on any atom is -0.457 e. The summed E-state index contributed by atoms with van der Waals surface area (Å²) in [6.07, 6.45) is 0. The largest absolute Gasteiger partial charge is 0.457 e. The van der Waals surface area contributed by atoms with E-state index in [0.717, 1.165) is 22.9 Å². The van der Waals surface area contributed by atoms with Crippen molar-refractivity contribution in [2.45, 2.75) is 6.55 Å². The van der Waals surface area contributed by atoms with Crippen LogP contribution in [-0.2, 0) is 0 Å². The maximum Gasteiger partial charge on any atom is 0.165 e. The van der Waals surface area contributed by atoms with Gasteiger partial charge in [0, 0.05) is 44.5 Å². The lowest BCUT2D eigenvalue weighted by molar-refractivity contribution is 0.487. The van der Waals surface area contributed by atoms with Crippen LogP contribution in [0.5, 0.6) is 11.5 Å². The van der Waals surface area contributed by atoms with Gasteiger partial charge in [-0.2, -0.15) is 0 Å². The zero-order chi connectivity index (χ0) is 31.1. The molecule has 0 fully saturated rings. The summed E-state index contributed by atoms with van der Waals surface area (Å²) < 4.78 is 6.82. The van der Waals surface area contributed by atoms with Gasteiger partial charge in [0.2, 0.25) is 0 Å². The molecule has 7 aromatic carbocycles. The Hall–Kier alpha value is -5.84. The monoisotopic (exact) mass is 618 g/mol. The molecule has 0 saturated carbocycles. The molecule has 0 aliphatic carbocycles. The Morgan fingerprint density at radius 2 is 0.723 bits per heavy atom. The fourth-order valence-corrected chi connectivity index (χ4v) is 13.0. The highest BCUT2D eigenvalue weighted by atomic mass is 28.3. The summed E-state index contributed by atoms with van der Waals surface area (Å²) in [4.78, 5) is 4.92. The van der Waals surface area contributed by atoms with Crippen LogP contribution < -0.4 is 30.1 Å². The van der Waals surface area contributed by atoms with E-state index in [1.54, 1.807) is 0 Å². The van der Waals surface area contributed by atoms with Gasteiger partial charge in [-0.15, -0.1) is 0 Å². The van der Waals surface area contributed by atoms with E-state index in [2.05, 4.69) is 180 Å². The second kappa shape index (κ2) is 9.83. The molecule has 0 saturated heterocycles. The molecule has 0 bridgehead atoms. The SMILES string of the molecule is C[Si]12c3c4cccc3N(c3ccc(-c5ccccc5)cc3)c3cccc(c31)N(c1ccc(-c3ccccc3)cc1)c1cccc(c12)O4. The second-order valence-corrected chi connectivity index (χ2v) is 16.4. The van der Waals surface area contributed by atoms with Gasteiger partial charge in [0.15, 0.2) is 8.07 Å². The Morgan fingerprint density at radius 1 is 0.362 bits per heavy atom. The lowest BCUT2D eigenvalue weighted by atomic mass is 10.0. The highest BCUT2D eigenvalue weighted by Crippen LogP contribution is 2.50. The highest BCUT2D eigenvalue weighted by molar-refractivity contribution is 7.15. The summed E-state index contributed by atoms with van der Waals surface area (Å²) in [5.74, 6) is 1.96. The van der Waals surface area contributed by atoms with Crippen LogP contribution in [0.15, 0.2) is 164 Å². The molecule has 0 aromatic heterocycles. The van der Waals surface area contributed by atoms with Crippen molar-refractivity contribution in [2.24, 2.45) is 0 Å². The smallest absolute Gasteiger partial charge is 0.165 e. The molecule has 0 atom stereocenters. The molecule has 0 N–H and O–H groups in total. The van der Waals surface area contributed by atoms with Crippen LogP contribution in [0, 0.1) is 0 Å². The maximum atomic E-state index is 6.82. The predicted octanol–water partition coefficient (Wildman–Crippen LogP) is 9.79. The molecule has 0 spiro atoms. The molecule has 3 nitrogen and oxygen atoms in total. The summed E-state index contributed by atoms with van der Waals surface area (Å²) in [5.41, 5.74) is 12.1. The molecule has 0 amide bonds. The zero-order valence-corrected chi connectivity index (χ0v) is 26.9. The van der Waals surface area contributed by atoms with Gasteiger partial charge < -0.3 is 14.5 Å². The van der Waals surface area contributed by atoms with E-state index >= 15 is 0 Å². The average molecular weight is 619 g/mol. The molecular weight excluding hydrogens is 589 g/mol. The number of nitrogens with zero attached hydrogens (tertiary/aromatic N) is 2. The third-order valence-corrected chi connectivity index (χ3v) is 14.7. The quantitative estimate of drug-likeness (QED) is 0.183. The predicted molar refractivity (Wildman–Crippen MR) is 197 cm³/mol. The number of rotatable bonds is 4. The fraction of sp³-hybridized carbons (Fsp3) is 0.0233. The van der Waals surface area contributed by atoms with Crippen LogP contribution in [-0.4, -0.2) is 8.07 Å². The first-order valence-electron chi connectivity index (χ1n) is 16.2. The van der Waals surface area contributed by atoms with Crippen LogP contribution in [0.3, 0.4) is 0 Å². The van der Waals surface area contributed by atoms with E-state index in [0.29, 0.717) is 0 Å². The molecular formula is C43H30N2OSi. The molecule has 222 valence electrons. The van der Waals surface area contributed by atoms with Gasteiger partial charge >= 0.3 is 0 Å². The molecule has 3 heterocycles. The van der Waals surface area contributed by atoms with E-state index in [9.17, 15) is 0 Å². The highest BCUT2D eigenvalue weighted by Gasteiger charge is 2.55. The Morgan fingerprint density at radius 3 is 1.15 bits per heavy atom. The van der Waals surface area contributed by atoms with Gasteiger partial charge in [0.1, 0.15) is 11.5 Å². The summed E-state index contributed by atoms with van der Waals surface area (Å²) >= 11 is 0. The Balaban J connectivity index is 1.20. The van der Waals surface area contributed by atoms with Gasteiger partial charge in [-0.3, -0.25) is 0 Å². The van der Waals surface area contributed by atoms with E-state index in [1.807, 2.05) is 0 Å². The number of anilines is 6. The first-order chi connectivity index (χ1) is 23.2. The average Bonchev–Trinajstić information content (AvgIpc) is 3.13. The van der Waals surface area contributed by atoms with Gasteiger partial charge in [-0.05, 0) is 88.1 Å². The molecule has 47 heavy (non-hydrogen) atoms. The Kier molecular flexibility index (Phi) is 5.52. The number of benzene rings is 7. The van der Waals surface area contributed by atoms with Crippen molar-refractivity contribution in [3.8, 4) is 33.8 Å². The standard InChI is InChI=1S/C43H30N2OSi/c1-47-41-35-15-8-16-36(41)45(34-27-23-32(24-28-34)30-13-6-3-7-14-30)38-18-10-20-40(43(38)47)46-39-19-9-17-37(42(39)47)44(35)33-25-21-31(22-26-33)29-11-4-2-5-12-29/h2-28H,1H3. The van der Waals surface area contributed by atoms with Crippen LogP contribution in [0.4, 0.5) is 34.1 Å². The Bertz CT molecular complexity index is 2180. The lowest BCUT2D eigenvalue weighted by Gasteiger charge is -2.51. The van der Waals surface area contributed by atoms with Crippen LogP contribution >= 0.6 is 0 Å². The molecule has 10 rings (SSSR count). The summed E-state index contributed by atoms with van der Waals surface area (Å²) in [6.45, 7) is 2.54. The Labute approximate surface area is 275 Å². The molecule has 0 radical (unpaired) electrons. The topological polar surface area (TPSA) is 15.7 Å². The van der Waals surface area contributed by atoms with Crippen LogP contribution in [0.25, 0.3) is 22.3 Å². The molecule has 0 unspecified atom stereocenters. The van der Waals surface area contributed by atoms with Crippen molar-refractivity contribution in [3.63, 3.8) is 0 Å². The lowest BCUT2D eigenvalue weighted by Crippen LogP contribution is -2.72. The van der Waals surface area contributed by atoms with Crippen molar-refractivity contribution < 1.29 is 4.74 Å². The van der Waals surface area contributed by atoms with Crippen molar-refractivity contribution in [1.29, 1.82) is 0 Å². The molecule has 4 heteroatoms. The van der Waals surface area contributed by atoms with E-state index in [4.69, 9.17) is 4.74 Å². The summed E-state index contributed by atoms with van der Waals surface area (Å²) in [6, 6.07) is 59.2.